The maximum Gasteiger partial charge on any atom is 0.0589 e. The Morgan fingerprint density at radius 3 is 2.62 bits per heavy atom. The van der Waals surface area contributed by atoms with Crippen molar-refractivity contribution in [2.45, 2.75) is 39.2 Å². The van der Waals surface area contributed by atoms with E-state index in [1.165, 1.54) is 19.3 Å². The SMILES string of the molecule is CCCNCCN(CCOC)C(C)C1CC1. The van der Waals surface area contributed by atoms with Crippen molar-refractivity contribution in [3.05, 3.63) is 0 Å². The van der Waals surface area contributed by atoms with Crippen LogP contribution in [0.2, 0.25) is 0 Å². The molecule has 1 fully saturated rings. The molecule has 0 bridgehead atoms. The first kappa shape index (κ1) is 13.9. The largest absolute Gasteiger partial charge is 0.383 e. The van der Waals surface area contributed by atoms with Gasteiger partial charge in [-0.2, -0.15) is 0 Å². The van der Waals surface area contributed by atoms with Crippen LogP contribution in [0.4, 0.5) is 0 Å². The van der Waals surface area contributed by atoms with Gasteiger partial charge in [-0.1, -0.05) is 6.92 Å². The van der Waals surface area contributed by atoms with Crippen molar-refractivity contribution in [2.75, 3.05) is 39.9 Å². The molecule has 1 rings (SSSR count). The fourth-order valence-electron chi connectivity index (χ4n) is 2.13. The van der Waals surface area contributed by atoms with Gasteiger partial charge in [0.2, 0.25) is 0 Å². The third kappa shape index (κ3) is 5.28. The van der Waals surface area contributed by atoms with Gasteiger partial charge in [-0.25, -0.2) is 0 Å². The van der Waals surface area contributed by atoms with E-state index in [4.69, 9.17) is 4.74 Å². The van der Waals surface area contributed by atoms with Crippen molar-refractivity contribution in [3.63, 3.8) is 0 Å². The molecule has 0 aromatic carbocycles. The fourth-order valence-corrected chi connectivity index (χ4v) is 2.13. The molecule has 0 aromatic rings. The average Bonchev–Trinajstić information content (AvgIpc) is 3.11. The molecule has 1 aliphatic rings. The summed E-state index contributed by atoms with van der Waals surface area (Å²) >= 11 is 0. The van der Waals surface area contributed by atoms with Gasteiger partial charge in [-0.05, 0) is 38.6 Å². The van der Waals surface area contributed by atoms with Gasteiger partial charge in [-0.15, -0.1) is 0 Å². The van der Waals surface area contributed by atoms with Gasteiger partial charge < -0.3 is 10.1 Å². The lowest BCUT2D eigenvalue weighted by Gasteiger charge is -2.29. The van der Waals surface area contributed by atoms with E-state index in [0.717, 1.165) is 44.7 Å². The van der Waals surface area contributed by atoms with Gasteiger partial charge in [0.05, 0.1) is 6.61 Å². The summed E-state index contributed by atoms with van der Waals surface area (Å²) < 4.78 is 5.19. The Bertz CT molecular complexity index is 171. The van der Waals surface area contributed by atoms with E-state index in [9.17, 15) is 0 Å². The van der Waals surface area contributed by atoms with Crippen LogP contribution in [-0.2, 0) is 4.74 Å². The standard InChI is InChI=1S/C13H28N2O/c1-4-7-14-8-9-15(10-11-16-3)12(2)13-5-6-13/h12-14H,4-11H2,1-3H3. The Morgan fingerprint density at radius 2 is 2.06 bits per heavy atom. The fraction of sp³-hybridized carbons (Fsp3) is 1.00. The minimum Gasteiger partial charge on any atom is -0.383 e. The molecule has 1 N–H and O–H groups in total. The second-order valence-corrected chi connectivity index (χ2v) is 4.86. The second kappa shape index (κ2) is 8.04. The summed E-state index contributed by atoms with van der Waals surface area (Å²) in [5.41, 5.74) is 0. The highest BCUT2D eigenvalue weighted by molar-refractivity contribution is 4.85. The highest BCUT2D eigenvalue weighted by Gasteiger charge is 2.31. The number of rotatable bonds is 10. The molecule has 96 valence electrons. The molecule has 0 amide bonds. The zero-order chi connectivity index (χ0) is 11.8. The quantitative estimate of drug-likeness (QED) is 0.576. The molecule has 3 heteroatoms. The van der Waals surface area contributed by atoms with Crippen LogP contribution in [0.15, 0.2) is 0 Å². The van der Waals surface area contributed by atoms with Crippen LogP contribution in [0.1, 0.15) is 33.1 Å². The summed E-state index contributed by atoms with van der Waals surface area (Å²) in [6.45, 7) is 9.90. The van der Waals surface area contributed by atoms with E-state index in [0.29, 0.717) is 0 Å². The van der Waals surface area contributed by atoms with Crippen LogP contribution in [0.3, 0.4) is 0 Å². The Morgan fingerprint density at radius 1 is 1.31 bits per heavy atom. The van der Waals surface area contributed by atoms with Crippen LogP contribution in [0.25, 0.3) is 0 Å². The summed E-state index contributed by atoms with van der Waals surface area (Å²) in [7, 11) is 1.79. The number of hydrogen-bond acceptors (Lipinski definition) is 3. The highest BCUT2D eigenvalue weighted by Crippen LogP contribution is 2.34. The van der Waals surface area contributed by atoms with Crippen LogP contribution in [0, 0.1) is 5.92 Å². The van der Waals surface area contributed by atoms with Crippen LogP contribution in [0.5, 0.6) is 0 Å². The molecular weight excluding hydrogens is 200 g/mol. The molecule has 1 atom stereocenters. The first-order valence-electron chi connectivity index (χ1n) is 6.73. The lowest BCUT2D eigenvalue weighted by molar-refractivity contribution is 0.117. The molecule has 1 unspecified atom stereocenters. The molecule has 0 saturated heterocycles. The number of hydrogen-bond donors (Lipinski definition) is 1. The predicted molar refractivity (Wildman–Crippen MR) is 68.8 cm³/mol. The summed E-state index contributed by atoms with van der Waals surface area (Å²) in [6.07, 6.45) is 4.07. The van der Waals surface area contributed by atoms with Gasteiger partial charge in [0, 0.05) is 32.8 Å². The van der Waals surface area contributed by atoms with E-state index in [2.05, 4.69) is 24.1 Å². The van der Waals surface area contributed by atoms with Gasteiger partial charge in [-0.3, -0.25) is 4.90 Å². The first-order chi connectivity index (χ1) is 7.79. The first-order valence-corrected chi connectivity index (χ1v) is 6.73. The van der Waals surface area contributed by atoms with Crippen molar-refractivity contribution in [3.8, 4) is 0 Å². The molecule has 1 aliphatic carbocycles. The Hall–Kier alpha value is -0.120. The van der Waals surface area contributed by atoms with E-state index in [1.54, 1.807) is 7.11 Å². The van der Waals surface area contributed by atoms with E-state index in [-0.39, 0.29) is 0 Å². The van der Waals surface area contributed by atoms with E-state index in [1.807, 2.05) is 0 Å². The van der Waals surface area contributed by atoms with Crippen molar-refractivity contribution in [2.24, 2.45) is 5.92 Å². The lowest BCUT2D eigenvalue weighted by Crippen LogP contribution is -2.41. The number of nitrogens with one attached hydrogen (secondary N) is 1. The molecular formula is C13H28N2O. The summed E-state index contributed by atoms with van der Waals surface area (Å²) in [5.74, 6) is 0.947. The van der Waals surface area contributed by atoms with Crippen LogP contribution >= 0.6 is 0 Å². The van der Waals surface area contributed by atoms with E-state index < -0.39 is 0 Å². The van der Waals surface area contributed by atoms with Crippen molar-refractivity contribution >= 4 is 0 Å². The molecule has 0 radical (unpaired) electrons. The normalized spacial score (nSPS) is 18.0. The highest BCUT2D eigenvalue weighted by atomic mass is 16.5. The number of nitrogens with zero attached hydrogens (tertiary/aromatic N) is 1. The third-order valence-corrected chi connectivity index (χ3v) is 3.47. The summed E-state index contributed by atoms with van der Waals surface area (Å²) in [4.78, 5) is 2.57. The van der Waals surface area contributed by atoms with Crippen LogP contribution in [-0.4, -0.2) is 50.8 Å². The van der Waals surface area contributed by atoms with Crippen molar-refractivity contribution in [1.29, 1.82) is 0 Å². The maximum absolute atomic E-state index is 5.19. The minimum atomic E-state index is 0.735. The summed E-state index contributed by atoms with van der Waals surface area (Å²) in [6, 6.07) is 0.735. The molecule has 0 aromatic heterocycles. The monoisotopic (exact) mass is 228 g/mol. The van der Waals surface area contributed by atoms with Gasteiger partial charge >= 0.3 is 0 Å². The molecule has 3 nitrogen and oxygen atoms in total. The molecule has 0 spiro atoms. The molecule has 0 heterocycles. The average molecular weight is 228 g/mol. The number of methoxy groups -OCH3 is 1. The van der Waals surface area contributed by atoms with Crippen molar-refractivity contribution in [1.82, 2.24) is 10.2 Å². The molecule has 1 saturated carbocycles. The Kier molecular flexibility index (Phi) is 7.01. The lowest BCUT2D eigenvalue weighted by atomic mass is 10.2. The zero-order valence-corrected chi connectivity index (χ0v) is 11.2. The summed E-state index contributed by atoms with van der Waals surface area (Å²) in [5, 5.41) is 3.47. The number of ether oxygens (including phenoxy) is 1. The van der Waals surface area contributed by atoms with Crippen LogP contribution < -0.4 is 5.32 Å². The smallest absolute Gasteiger partial charge is 0.0589 e. The maximum atomic E-state index is 5.19. The van der Waals surface area contributed by atoms with E-state index >= 15 is 0 Å². The minimum absolute atomic E-state index is 0.735. The van der Waals surface area contributed by atoms with Crippen molar-refractivity contribution < 1.29 is 4.74 Å². The zero-order valence-electron chi connectivity index (χ0n) is 11.2. The Balaban J connectivity index is 2.19. The second-order valence-electron chi connectivity index (χ2n) is 4.86. The topological polar surface area (TPSA) is 24.5 Å². The predicted octanol–water partition coefficient (Wildman–Crippen LogP) is 1.73. The molecule has 16 heavy (non-hydrogen) atoms. The third-order valence-electron chi connectivity index (χ3n) is 3.47. The van der Waals surface area contributed by atoms with Gasteiger partial charge in [0.1, 0.15) is 0 Å². The van der Waals surface area contributed by atoms with Gasteiger partial charge in [0.15, 0.2) is 0 Å². The molecule has 0 aliphatic heterocycles. The van der Waals surface area contributed by atoms with Gasteiger partial charge in [0.25, 0.3) is 0 Å². The Labute approximate surface area is 101 Å².